The molecule has 0 amide bonds. The highest BCUT2D eigenvalue weighted by Crippen LogP contribution is 2.48. The first kappa shape index (κ1) is 11.0. The molecule has 0 aromatic heterocycles. The largest absolute Gasteiger partial charge is 0.0878 e. The number of rotatable bonds is 2. The summed E-state index contributed by atoms with van der Waals surface area (Å²) in [6, 6.07) is 0. The summed E-state index contributed by atoms with van der Waals surface area (Å²) in [7, 11) is 0. The highest BCUT2D eigenvalue weighted by atomic mass is 79.9. The Kier molecular flexibility index (Phi) is 4.10. The molecule has 0 N–H and O–H groups in total. The molecule has 0 saturated heterocycles. The van der Waals surface area contributed by atoms with E-state index in [-0.39, 0.29) is 0 Å². The minimum atomic E-state index is 0.562. The summed E-state index contributed by atoms with van der Waals surface area (Å²) in [4.78, 5) is 1.36. The van der Waals surface area contributed by atoms with Gasteiger partial charge >= 0.3 is 0 Å². The number of hydrogen-bond donors (Lipinski definition) is 0. The van der Waals surface area contributed by atoms with Crippen LogP contribution in [0.5, 0.6) is 0 Å². The maximum Gasteiger partial charge on any atom is 0.0327 e. The molecule has 0 aliphatic heterocycles. The molecule has 0 radical (unpaired) electrons. The average Bonchev–Trinajstić information content (AvgIpc) is 2.11. The van der Waals surface area contributed by atoms with E-state index >= 15 is 0 Å². The van der Waals surface area contributed by atoms with E-state index in [9.17, 15) is 0 Å². The summed E-state index contributed by atoms with van der Waals surface area (Å²) >= 11 is 7.61. The summed E-state index contributed by atoms with van der Waals surface area (Å²) in [5.74, 6) is 0. The molecule has 2 unspecified atom stereocenters. The van der Waals surface area contributed by atoms with Crippen molar-refractivity contribution in [2.45, 2.75) is 55.6 Å². The van der Waals surface area contributed by atoms with Crippen molar-refractivity contribution >= 4 is 31.9 Å². The second-order valence-electron chi connectivity index (χ2n) is 3.88. The zero-order valence-electron chi connectivity index (χ0n) is 7.95. The van der Waals surface area contributed by atoms with Gasteiger partial charge in [-0.2, -0.15) is 0 Å². The van der Waals surface area contributed by atoms with E-state index in [0.29, 0.717) is 15.1 Å². The van der Waals surface area contributed by atoms with E-state index in [1.165, 1.54) is 32.1 Å². The van der Waals surface area contributed by atoms with E-state index in [1.54, 1.807) is 0 Å². The molecule has 0 nitrogen and oxygen atoms in total. The van der Waals surface area contributed by atoms with Crippen molar-refractivity contribution in [3.63, 3.8) is 0 Å². The van der Waals surface area contributed by atoms with Gasteiger partial charge < -0.3 is 0 Å². The Morgan fingerprint density at radius 2 is 1.83 bits per heavy atom. The molecule has 0 heterocycles. The minimum absolute atomic E-state index is 0.562. The topological polar surface area (TPSA) is 0 Å². The molecule has 2 atom stereocenters. The predicted octanol–water partition coefficient (Wildman–Crippen LogP) is 4.50. The standard InChI is InChI=1S/C10H18Br2/c1-3-10(4-2)7-5-6-8(11)9(10)12/h8-9H,3-7H2,1-2H3. The molecular formula is C10H18Br2. The zero-order chi connectivity index (χ0) is 9.19. The van der Waals surface area contributed by atoms with Crippen LogP contribution < -0.4 is 0 Å². The van der Waals surface area contributed by atoms with E-state index < -0.39 is 0 Å². The molecule has 12 heavy (non-hydrogen) atoms. The van der Waals surface area contributed by atoms with Gasteiger partial charge in [0, 0.05) is 9.65 Å². The number of alkyl halides is 2. The van der Waals surface area contributed by atoms with Crippen molar-refractivity contribution in [2.24, 2.45) is 5.41 Å². The molecule has 1 rings (SSSR count). The van der Waals surface area contributed by atoms with Crippen LogP contribution >= 0.6 is 31.9 Å². The number of halogens is 2. The van der Waals surface area contributed by atoms with Gasteiger partial charge in [-0.3, -0.25) is 0 Å². The maximum absolute atomic E-state index is 3.85. The van der Waals surface area contributed by atoms with Crippen LogP contribution in [0.4, 0.5) is 0 Å². The monoisotopic (exact) mass is 296 g/mol. The summed E-state index contributed by atoms with van der Waals surface area (Å²) < 4.78 is 0. The van der Waals surface area contributed by atoms with Crippen LogP contribution in [0.1, 0.15) is 46.0 Å². The lowest BCUT2D eigenvalue weighted by atomic mass is 9.70. The van der Waals surface area contributed by atoms with Crippen LogP contribution in [0.25, 0.3) is 0 Å². The molecule has 1 saturated carbocycles. The van der Waals surface area contributed by atoms with E-state index in [0.717, 1.165) is 0 Å². The third-order valence-electron chi connectivity index (χ3n) is 3.47. The highest BCUT2D eigenvalue weighted by molar-refractivity contribution is 9.12. The molecule has 1 aliphatic carbocycles. The van der Waals surface area contributed by atoms with E-state index in [1.807, 2.05) is 0 Å². The second kappa shape index (κ2) is 4.45. The van der Waals surface area contributed by atoms with Gasteiger partial charge in [-0.25, -0.2) is 0 Å². The Balaban J connectivity index is 2.71. The summed E-state index contributed by atoms with van der Waals surface area (Å²) in [5.41, 5.74) is 0.562. The molecule has 2 heteroatoms. The Hall–Kier alpha value is 0.960. The first-order valence-electron chi connectivity index (χ1n) is 4.94. The van der Waals surface area contributed by atoms with Gasteiger partial charge in [0.1, 0.15) is 0 Å². The maximum atomic E-state index is 3.85. The van der Waals surface area contributed by atoms with Crippen molar-refractivity contribution in [1.82, 2.24) is 0 Å². The molecule has 1 fully saturated rings. The van der Waals surface area contributed by atoms with Gasteiger partial charge in [0.05, 0.1) is 0 Å². The molecular weight excluding hydrogens is 280 g/mol. The van der Waals surface area contributed by atoms with Crippen LogP contribution in [0, 0.1) is 5.41 Å². The van der Waals surface area contributed by atoms with E-state index in [2.05, 4.69) is 45.7 Å². The van der Waals surface area contributed by atoms with E-state index in [4.69, 9.17) is 0 Å². The Morgan fingerprint density at radius 3 is 2.25 bits per heavy atom. The van der Waals surface area contributed by atoms with Crippen LogP contribution in [-0.4, -0.2) is 9.65 Å². The van der Waals surface area contributed by atoms with Crippen molar-refractivity contribution in [3.8, 4) is 0 Å². The highest BCUT2D eigenvalue weighted by Gasteiger charge is 2.40. The van der Waals surface area contributed by atoms with Gasteiger partial charge in [-0.1, -0.05) is 52.1 Å². The SMILES string of the molecule is CCC1(CC)CCCC(Br)C1Br. The molecule has 0 spiro atoms. The lowest BCUT2D eigenvalue weighted by Gasteiger charge is -2.43. The van der Waals surface area contributed by atoms with Gasteiger partial charge in [-0.05, 0) is 31.1 Å². The molecule has 0 aromatic carbocycles. The van der Waals surface area contributed by atoms with Crippen LogP contribution in [0.3, 0.4) is 0 Å². The zero-order valence-corrected chi connectivity index (χ0v) is 11.1. The third kappa shape index (κ3) is 1.89. The minimum Gasteiger partial charge on any atom is -0.0878 e. The number of hydrogen-bond acceptors (Lipinski definition) is 0. The van der Waals surface area contributed by atoms with Crippen molar-refractivity contribution in [1.29, 1.82) is 0 Å². The lowest BCUT2D eigenvalue weighted by Crippen LogP contribution is -2.39. The molecule has 0 aromatic rings. The molecule has 0 bridgehead atoms. The smallest absolute Gasteiger partial charge is 0.0327 e. The second-order valence-corrected chi connectivity index (χ2v) is 6.04. The van der Waals surface area contributed by atoms with Crippen molar-refractivity contribution < 1.29 is 0 Å². The van der Waals surface area contributed by atoms with Gasteiger partial charge in [0.2, 0.25) is 0 Å². The van der Waals surface area contributed by atoms with Gasteiger partial charge in [-0.15, -0.1) is 0 Å². The molecule has 1 aliphatic rings. The third-order valence-corrected chi connectivity index (χ3v) is 6.77. The Labute approximate surface area is 92.8 Å². The fourth-order valence-electron chi connectivity index (χ4n) is 2.31. The summed E-state index contributed by atoms with van der Waals surface area (Å²) in [6.07, 6.45) is 6.73. The fraction of sp³-hybridized carbons (Fsp3) is 1.00. The first-order chi connectivity index (χ1) is 5.66. The Morgan fingerprint density at radius 1 is 1.25 bits per heavy atom. The van der Waals surface area contributed by atoms with Gasteiger partial charge in [0.15, 0.2) is 0 Å². The van der Waals surface area contributed by atoms with Crippen molar-refractivity contribution in [3.05, 3.63) is 0 Å². The Bertz CT molecular complexity index is 141. The van der Waals surface area contributed by atoms with Crippen LogP contribution in [0.15, 0.2) is 0 Å². The van der Waals surface area contributed by atoms with Crippen LogP contribution in [0.2, 0.25) is 0 Å². The van der Waals surface area contributed by atoms with Crippen LogP contribution in [-0.2, 0) is 0 Å². The average molecular weight is 298 g/mol. The van der Waals surface area contributed by atoms with Gasteiger partial charge in [0.25, 0.3) is 0 Å². The normalized spacial score (nSPS) is 35.0. The lowest BCUT2D eigenvalue weighted by molar-refractivity contribution is 0.193. The summed E-state index contributed by atoms with van der Waals surface area (Å²) in [5, 5.41) is 0. The first-order valence-corrected chi connectivity index (χ1v) is 6.77. The molecule has 72 valence electrons. The summed E-state index contributed by atoms with van der Waals surface area (Å²) in [6.45, 7) is 4.64. The quantitative estimate of drug-likeness (QED) is 0.658. The predicted molar refractivity (Wildman–Crippen MR) is 62.3 cm³/mol. The van der Waals surface area contributed by atoms with Crippen molar-refractivity contribution in [2.75, 3.05) is 0 Å². The fourth-order valence-corrected chi connectivity index (χ4v) is 4.34.